The van der Waals surface area contributed by atoms with E-state index in [0.717, 1.165) is 16.5 Å². The summed E-state index contributed by atoms with van der Waals surface area (Å²) in [5.74, 6) is 2.16. The number of thioether (sulfide) groups is 1. The molecule has 3 aromatic rings. The molecule has 2 N–H and O–H groups in total. The second kappa shape index (κ2) is 8.53. The Morgan fingerprint density at radius 1 is 1.12 bits per heavy atom. The monoisotopic (exact) mass is 367 g/mol. The Bertz CT molecular complexity index is 862. The van der Waals surface area contributed by atoms with Gasteiger partial charge in [-0.15, -0.1) is 11.8 Å². The quantitative estimate of drug-likeness (QED) is 0.496. The highest BCUT2D eigenvalue weighted by Gasteiger charge is 2.06. The first-order valence-electron chi connectivity index (χ1n) is 8.31. The van der Waals surface area contributed by atoms with Crippen LogP contribution in [0.3, 0.4) is 0 Å². The molecule has 3 rings (SSSR count). The van der Waals surface area contributed by atoms with Crippen LogP contribution in [-0.4, -0.2) is 39.8 Å². The average molecular weight is 367 g/mol. The number of hydrogen-bond donors (Lipinski definition) is 2. The van der Waals surface area contributed by atoms with Crippen molar-refractivity contribution in [3.63, 3.8) is 0 Å². The molecule has 1 amide bonds. The molecule has 0 aliphatic rings. The lowest BCUT2D eigenvalue weighted by Crippen LogP contribution is -2.28. The summed E-state index contributed by atoms with van der Waals surface area (Å²) in [4.78, 5) is 22.1. The summed E-state index contributed by atoms with van der Waals surface area (Å²) in [5.41, 5.74) is 0.663. The van der Waals surface area contributed by atoms with Gasteiger partial charge in [0.2, 0.25) is 0 Å². The number of amides is 1. The van der Waals surface area contributed by atoms with Gasteiger partial charge in [0, 0.05) is 42.0 Å². The Morgan fingerprint density at radius 3 is 2.54 bits per heavy atom. The molecule has 0 saturated carbocycles. The van der Waals surface area contributed by atoms with E-state index in [1.54, 1.807) is 11.8 Å². The molecule has 0 bridgehead atoms. The van der Waals surface area contributed by atoms with Crippen LogP contribution in [-0.2, 0) is 0 Å². The lowest BCUT2D eigenvalue weighted by molar-refractivity contribution is 0.0955. The molecule has 2 heterocycles. The second-order valence-corrected chi connectivity index (χ2v) is 6.54. The summed E-state index contributed by atoms with van der Waals surface area (Å²) in [6, 6.07) is 13.4. The number of carbonyl (C=O) groups excluding carboxylic acids is 1. The number of aryl methyl sites for hydroxylation is 1. The van der Waals surface area contributed by atoms with Crippen molar-refractivity contribution in [2.75, 3.05) is 24.7 Å². The number of rotatable bonds is 7. The van der Waals surface area contributed by atoms with Gasteiger partial charge in [-0.2, -0.15) is 0 Å². The maximum atomic E-state index is 12.1. The van der Waals surface area contributed by atoms with Crippen LogP contribution >= 0.6 is 11.8 Å². The predicted octanol–water partition coefficient (Wildman–Crippen LogP) is 3.14. The van der Waals surface area contributed by atoms with E-state index in [2.05, 4.69) is 20.6 Å². The van der Waals surface area contributed by atoms with Gasteiger partial charge in [-0.1, -0.05) is 0 Å². The Labute approximate surface area is 157 Å². The minimum absolute atomic E-state index is 0.0775. The van der Waals surface area contributed by atoms with Crippen LogP contribution in [0.15, 0.2) is 59.8 Å². The van der Waals surface area contributed by atoms with Crippen molar-refractivity contribution in [1.29, 1.82) is 0 Å². The first kappa shape index (κ1) is 18.0. The SMILES string of the molecule is CSc1ccc(C(=O)NCCNc2cc(-n3cccc3)nc(C)n2)cc1. The van der Waals surface area contributed by atoms with Crippen molar-refractivity contribution >= 4 is 23.5 Å². The molecule has 0 fully saturated rings. The summed E-state index contributed by atoms with van der Waals surface area (Å²) in [7, 11) is 0. The Balaban J connectivity index is 1.52. The third-order valence-corrected chi connectivity index (χ3v) is 4.51. The zero-order valence-corrected chi connectivity index (χ0v) is 15.6. The number of aromatic nitrogens is 3. The fourth-order valence-corrected chi connectivity index (χ4v) is 2.88. The van der Waals surface area contributed by atoms with Crippen molar-refractivity contribution in [2.45, 2.75) is 11.8 Å². The molecule has 6 nitrogen and oxygen atoms in total. The van der Waals surface area contributed by atoms with Crippen LogP contribution < -0.4 is 10.6 Å². The molecular weight excluding hydrogens is 346 g/mol. The fraction of sp³-hybridized carbons (Fsp3) is 0.211. The molecule has 7 heteroatoms. The highest BCUT2D eigenvalue weighted by atomic mass is 32.2. The number of hydrogen-bond acceptors (Lipinski definition) is 5. The normalized spacial score (nSPS) is 10.5. The van der Waals surface area contributed by atoms with Crippen LogP contribution in [0.2, 0.25) is 0 Å². The highest BCUT2D eigenvalue weighted by Crippen LogP contribution is 2.14. The smallest absolute Gasteiger partial charge is 0.251 e. The molecule has 0 atom stereocenters. The topological polar surface area (TPSA) is 71.8 Å². The molecule has 2 aromatic heterocycles. The Morgan fingerprint density at radius 2 is 1.85 bits per heavy atom. The van der Waals surface area contributed by atoms with Crippen molar-refractivity contribution in [2.24, 2.45) is 0 Å². The van der Waals surface area contributed by atoms with Crippen LogP contribution in [0.5, 0.6) is 0 Å². The van der Waals surface area contributed by atoms with E-state index in [0.29, 0.717) is 24.5 Å². The average Bonchev–Trinajstić information content (AvgIpc) is 3.19. The molecule has 0 unspecified atom stereocenters. The number of anilines is 1. The molecule has 26 heavy (non-hydrogen) atoms. The molecule has 0 aliphatic heterocycles. The number of benzene rings is 1. The standard InChI is InChI=1S/C19H21N5OS/c1-14-22-17(13-18(23-14)24-11-3-4-12-24)20-9-10-21-19(25)15-5-7-16(26-2)8-6-15/h3-8,11-13H,9-10H2,1-2H3,(H,21,25)(H,20,22,23). The lowest BCUT2D eigenvalue weighted by atomic mass is 10.2. The van der Waals surface area contributed by atoms with Gasteiger partial charge in [0.05, 0.1) is 0 Å². The van der Waals surface area contributed by atoms with E-state index in [-0.39, 0.29) is 5.91 Å². The van der Waals surface area contributed by atoms with Crippen LogP contribution in [0.1, 0.15) is 16.2 Å². The maximum Gasteiger partial charge on any atom is 0.251 e. The fourth-order valence-electron chi connectivity index (χ4n) is 2.47. The number of carbonyl (C=O) groups is 1. The van der Waals surface area contributed by atoms with Crippen LogP contribution in [0.4, 0.5) is 5.82 Å². The summed E-state index contributed by atoms with van der Waals surface area (Å²) < 4.78 is 1.93. The zero-order chi connectivity index (χ0) is 18.4. The van der Waals surface area contributed by atoms with Crippen LogP contribution in [0.25, 0.3) is 5.82 Å². The second-order valence-electron chi connectivity index (χ2n) is 5.66. The first-order chi connectivity index (χ1) is 12.7. The van der Waals surface area contributed by atoms with Gasteiger partial charge in [0.25, 0.3) is 5.91 Å². The summed E-state index contributed by atoms with van der Waals surface area (Å²) >= 11 is 1.65. The van der Waals surface area contributed by atoms with Gasteiger partial charge < -0.3 is 15.2 Å². The third-order valence-electron chi connectivity index (χ3n) is 3.76. The van der Waals surface area contributed by atoms with Gasteiger partial charge in [0.15, 0.2) is 0 Å². The van der Waals surface area contributed by atoms with E-state index < -0.39 is 0 Å². The minimum Gasteiger partial charge on any atom is -0.368 e. The number of nitrogens with zero attached hydrogens (tertiary/aromatic N) is 3. The van der Waals surface area contributed by atoms with Crippen molar-refractivity contribution in [3.8, 4) is 5.82 Å². The van der Waals surface area contributed by atoms with Gasteiger partial charge in [-0.25, -0.2) is 9.97 Å². The van der Waals surface area contributed by atoms with Gasteiger partial charge in [-0.05, 0) is 49.6 Å². The van der Waals surface area contributed by atoms with Crippen LogP contribution in [0, 0.1) is 6.92 Å². The van der Waals surface area contributed by atoms with E-state index in [1.165, 1.54) is 0 Å². The van der Waals surface area contributed by atoms with Crippen molar-refractivity contribution in [1.82, 2.24) is 19.9 Å². The van der Waals surface area contributed by atoms with E-state index in [4.69, 9.17) is 0 Å². The van der Waals surface area contributed by atoms with Crippen molar-refractivity contribution < 1.29 is 4.79 Å². The van der Waals surface area contributed by atoms with E-state index in [1.807, 2.05) is 72.6 Å². The highest BCUT2D eigenvalue weighted by molar-refractivity contribution is 7.98. The van der Waals surface area contributed by atoms with E-state index >= 15 is 0 Å². The molecule has 0 spiro atoms. The third kappa shape index (κ3) is 4.64. The largest absolute Gasteiger partial charge is 0.368 e. The van der Waals surface area contributed by atoms with Crippen molar-refractivity contribution in [3.05, 3.63) is 66.2 Å². The predicted molar refractivity (Wildman–Crippen MR) is 105 cm³/mol. The molecule has 0 saturated heterocycles. The van der Waals surface area contributed by atoms with E-state index in [9.17, 15) is 4.79 Å². The molecule has 0 aliphatic carbocycles. The summed E-state index contributed by atoms with van der Waals surface area (Å²) in [6.45, 7) is 2.94. The van der Waals surface area contributed by atoms with Gasteiger partial charge >= 0.3 is 0 Å². The molecular formula is C19H21N5OS. The molecule has 1 aromatic carbocycles. The maximum absolute atomic E-state index is 12.1. The van der Waals surface area contributed by atoms with Gasteiger partial charge in [0.1, 0.15) is 17.5 Å². The zero-order valence-electron chi connectivity index (χ0n) is 14.8. The molecule has 0 radical (unpaired) electrons. The number of nitrogens with one attached hydrogen (secondary N) is 2. The summed E-state index contributed by atoms with van der Waals surface area (Å²) in [6.07, 6.45) is 5.89. The minimum atomic E-state index is -0.0775. The Kier molecular flexibility index (Phi) is 5.91. The molecule has 134 valence electrons. The summed E-state index contributed by atoms with van der Waals surface area (Å²) in [5, 5.41) is 6.14. The Hall–Kier alpha value is -2.80. The van der Waals surface area contributed by atoms with Gasteiger partial charge in [-0.3, -0.25) is 4.79 Å². The lowest BCUT2D eigenvalue weighted by Gasteiger charge is -2.10. The first-order valence-corrected chi connectivity index (χ1v) is 9.53.